The van der Waals surface area contributed by atoms with Crippen LogP contribution in [-0.4, -0.2) is 34.4 Å². The van der Waals surface area contributed by atoms with Crippen LogP contribution >= 0.6 is 11.6 Å². The van der Waals surface area contributed by atoms with Crippen molar-refractivity contribution in [3.05, 3.63) is 32.8 Å². The van der Waals surface area contributed by atoms with Crippen LogP contribution in [0.2, 0.25) is 5.02 Å². The number of nitro groups is 1. The van der Waals surface area contributed by atoms with E-state index in [1.54, 1.807) is 0 Å². The van der Waals surface area contributed by atoms with Crippen LogP contribution in [0.1, 0.15) is 5.56 Å². The van der Waals surface area contributed by atoms with Crippen LogP contribution in [0.3, 0.4) is 0 Å². The predicted octanol–water partition coefficient (Wildman–Crippen LogP) is 2.03. The average molecular weight is 315 g/mol. The Labute approximate surface area is 115 Å². The highest BCUT2D eigenvalue weighted by Gasteiger charge is 2.34. The van der Waals surface area contributed by atoms with Crippen molar-refractivity contribution in [1.82, 2.24) is 0 Å². The molecule has 112 valence electrons. The van der Waals surface area contributed by atoms with Crippen LogP contribution in [0.5, 0.6) is 0 Å². The molecule has 1 atom stereocenters. The zero-order valence-electron chi connectivity index (χ0n) is 9.82. The molecule has 0 bridgehead atoms. The lowest BCUT2D eigenvalue weighted by Crippen LogP contribution is -2.23. The molecule has 3 N–H and O–H groups in total. The summed E-state index contributed by atoms with van der Waals surface area (Å²) < 4.78 is 37.6. The maximum absolute atomic E-state index is 12.5. The predicted molar refractivity (Wildman–Crippen MR) is 64.7 cm³/mol. The molecule has 0 aliphatic rings. The lowest BCUT2D eigenvalue weighted by atomic mass is 10.1. The Bertz CT molecular complexity index is 510. The van der Waals surface area contributed by atoms with Gasteiger partial charge in [0.2, 0.25) is 0 Å². The standard InChI is InChI=1S/C10H10ClF3N2O4/c11-7-1-5(10(12,13)14)2-8(16(19)20)9(7)15-3-6(18)4-17/h1-2,6,15,17-18H,3-4H2. The van der Waals surface area contributed by atoms with Crippen molar-refractivity contribution in [2.24, 2.45) is 0 Å². The number of halogens is 4. The summed E-state index contributed by atoms with van der Waals surface area (Å²) in [4.78, 5) is 9.78. The Morgan fingerprint density at radius 3 is 2.50 bits per heavy atom. The Morgan fingerprint density at radius 1 is 1.45 bits per heavy atom. The molecular formula is C10H10ClF3N2O4. The summed E-state index contributed by atoms with van der Waals surface area (Å²) in [5, 5.41) is 30.4. The van der Waals surface area contributed by atoms with Crippen LogP contribution in [0.4, 0.5) is 24.5 Å². The van der Waals surface area contributed by atoms with Crippen molar-refractivity contribution in [3.63, 3.8) is 0 Å². The smallest absolute Gasteiger partial charge is 0.394 e. The molecule has 0 amide bonds. The third-order valence-corrected chi connectivity index (χ3v) is 2.62. The number of anilines is 1. The second-order valence-corrected chi connectivity index (χ2v) is 4.23. The first-order valence-corrected chi connectivity index (χ1v) is 5.62. The molecular weight excluding hydrogens is 305 g/mol. The number of aliphatic hydroxyl groups excluding tert-OH is 2. The SMILES string of the molecule is O=[N+]([O-])c1cc(C(F)(F)F)cc(Cl)c1NCC(O)CO. The first kappa shape index (κ1) is 16.5. The normalized spacial score (nSPS) is 13.1. The van der Waals surface area contributed by atoms with Gasteiger partial charge in [0.15, 0.2) is 0 Å². The van der Waals surface area contributed by atoms with E-state index in [2.05, 4.69) is 5.32 Å². The van der Waals surface area contributed by atoms with Gasteiger partial charge in [-0.2, -0.15) is 13.2 Å². The minimum atomic E-state index is -4.77. The topological polar surface area (TPSA) is 95.6 Å². The molecule has 0 radical (unpaired) electrons. The van der Waals surface area contributed by atoms with E-state index in [0.29, 0.717) is 12.1 Å². The fourth-order valence-electron chi connectivity index (χ4n) is 1.36. The lowest BCUT2D eigenvalue weighted by molar-refractivity contribution is -0.384. The van der Waals surface area contributed by atoms with Gasteiger partial charge in [-0.05, 0) is 6.07 Å². The third-order valence-electron chi connectivity index (χ3n) is 2.32. The third kappa shape index (κ3) is 3.95. The lowest BCUT2D eigenvalue weighted by Gasteiger charge is -2.14. The van der Waals surface area contributed by atoms with Gasteiger partial charge in [0.05, 0.1) is 28.2 Å². The highest BCUT2D eigenvalue weighted by Crippen LogP contribution is 2.39. The number of nitrogens with zero attached hydrogens (tertiary/aromatic N) is 1. The van der Waals surface area contributed by atoms with Crippen LogP contribution < -0.4 is 5.32 Å². The fourth-order valence-corrected chi connectivity index (χ4v) is 1.64. The van der Waals surface area contributed by atoms with E-state index >= 15 is 0 Å². The maximum Gasteiger partial charge on any atom is 0.416 e. The molecule has 0 aromatic heterocycles. The van der Waals surface area contributed by atoms with Gasteiger partial charge in [0.1, 0.15) is 5.69 Å². The van der Waals surface area contributed by atoms with Gasteiger partial charge < -0.3 is 15.5 Å². The second-order valence-electron chi connectivity index (χ2n) is 3.82. The zero-order chi connectivity index (χ0) is 15.5. The molecule has 1 aromatic rings. The number of nitrogens with one attached hydrogen (secondary N) is 1. The van der Waals surface area contributed by atoms with Crippen molar-refractivity contribution in [2.45, 2.75) is 12.3 Å². The Hall–Kier alpha value is -1.58. The average Bonchev–Trinajstić information content (AvgIpc) is 2.34. The molecule has 0 heterocycles. The van der Waals surface area contributed by atoms with Crippen molar-refractivity contribution in [1.29, 1.82) is 0 Å². The number of hydrogen-bond acceptors (Lipinski definition) is 5. The van der Waals surface area contributed by atoms with Gasteiger partial charge in [-0.1, -0.05) is 11.6 Å². The Balaban J connectivity index is 3.20. The first-order valence-electron chi connectivity index (χ1n) is 5.24. The summed E-state index contributed by atoms with van der Waals surface area (Å²) in [6, 6.07) is 0.891. The van der Waals surface area contributed by atoms with E-state index in [-0.39, 0.29) is 12.2 Å². The van der Waals surface area contributed by atoms with E-state index in [1.165, 1.54) is 0 Å². The van der Waals surface area contributed by atoms with E-state index in [1.807, 2.05) is 0 Å². The molecule has 0 aliphatic heterocycles. The summed E-state index contributed by atoms with van der Waals surface area (Å²) in [5.41, 5.74) is -2.46. The molecule has 1 rings (SSSR count). The Kier molecular flexibility index (Phi) is 5.15. The molecule has 1 unspecified atom stereocenters. The summed E-state index contributed by atoms with van der Waals surface area (Å²) >= 11 is 5.60. The van der Waals surface area contributed by atoms with Gasteiger partial charge in [-0.25, -0.2) is 0 Å². The summed E-state index contributed by atoms with van der Waals surface area (Å²) in [5.74, 6) is 0. The second kappa shape index (κ2) is 6.25. The van der Waals surface area contributed by atoms with Crippen LogP contribution in [-0.2, 0) is 6.18 Å². The minimum absolute atomic E-state index is 0.303. The molecule has 0 fully saturated rings. The van der Waals surface area contributed by atoms with Crippen molar-refractivity contribution >= 4 is 23.0 Å². The number of hydrogen-bond donors (Lipinski definition) is 3. The number of alkyl halides is 3. The highest BCUT2D eigenvalue weighted by atomic mass is 35.5. The molecule has 0 spiro atoms. The minimum Gasteiger partial charge on any atom is -0.394 e. The first-order chi connectivity index (χ1) is 9.16. The molecule has 10 heteroatoms. The monoisotopic (exact) mass is 314 g/mol. The van der Waals surface area contributed by atoms with E-state index in [4.69, 9.17) is 21.8 Å². The summed E-state index contributed by atoms with van der Waals surface area (Å²) in [7, 11) is 0. The number of rotatable bonds is 5. The molecule has 0 saturated carbocycles. The Morgan fingerprint density at radius 2 is 2.05 bits per heavy atom. The van der Waals surface area contributed by atoms with Crippen molar-refractivity contribution in [2.75, 3.05) is 18.5 Å². The molecule has 1 aromatic carbocycles. The highest BCUT2D eigenvalue weighted by molar-refractivity contribution is 6.33. The quantitative estimate of drug-likeness (QED) is 0.571. The van der Waals surface area contributed by atoms with Crippen molar-refractivity contribution < 1.29 is 28.3 Å². The van der Waals surface area contributed by atoms with Crippen LogP contribution in [0, 0.1) is 10.1 Å². The fraction of sp³-hybridized carbons (Fsp3) is 0.400. The molecule has 0 saturated heterocycles. The van der Waals surface area contributed by atoms with E-state index in [9.17, 15) is 23.3 Å². The maximum atomic E-state index is 12.5. The van der Waals surface area contributed by atoms with Crippen LogP contribution in [0.15, 0.2) is 12.1 Å². The molecule has 0 aliphatic carbocycles. The van der Waals surface area contributed by atoms with Crippen LogP contribution in [0.25, 0.3) is 0 Å². The van der Waals surface area contributed by atoms with Gasteiger partial charge in [0.25, 0.3) is 5.69 Å². The van der Waals surface area contributed by atoms with Gasteiger partial charge in [0, 0.05) is 12.6 Å². The largest absolute Gasteiger partial charge is 0.416 e. The van der Waals surface area contributed by atoms with Gasteiger partial charge in [-0.15, -0.1) is 0 Å². The molecule has 20 heavy (non-hydrogen) atoms. The van der Waals surface area contributed by atoms with E-state index in [0.717, 1.165) is 0 Å². The number of aliphatic hydroxyl groups is 2. The van der Waals surface area contributed by atoms with Gasteiger partial charge in [-0.3, -0.25) is 10.1 Å². The van der Waals surface area contributed by atoms with E-state index < -0.39 is 40.1 Å². The van der Waals surface area contributed by atoms with Crippen molar-refractivity contribution in [3.8, 4) is 0 Å². The summed E-state index contributed by atoms with van der Waals surface area (Å²) in [6.45, 7) is -0.915. The zero-order valence-corrected chi connectivity index (χ0v) is 10.6. The number of benzene rings is 1. The molecule has 6 nitrogen and oxygen atoms in total. The van der Waals surface area contributed by atoms with Gasteiger partial charge >= 0.3 is 6.18 Å². The summed E-state index contributed by atoms with van der Waals surface area (Å²) in [6.07, 6.45) is -6.00. The number of nitro benzene ring substituents is 1.